The smallest absolute Gasteiger partial charge is 0.241 e. The lowest BCUT2D eigenvalue weighted by Gasteiger charge is -2.38. The van der Waals surface area contributed by atoms with Crippen molar-refractivity contribution in [2.24, 2.45) is 5.92 Å². The van der Waals surface area contributed by atoms with E-state index in [9.17, 15) is 4.79 Å². The number of ether oxygens (including phenoxy) is 2. The molecule has 1 aromatic carbocycles. The predicted octanol–water partition coefficient (Wildman–Crippen LogP) is 3.81. The van der Waals surface area contributed by atoms with Crippen LogP contribution in [0.25, 0.3) is 22.3 Å². The van der Waals surface area contributed by atoms with Crippen molar-refractivity contribution < 1.29 is 14.3 Å². The first-order valence-corrected chi connectivity index (χ1v) is 13.4. The summed E-state index contributed by atoms with van der Waals surface area (Å²) in [5.41, 5.74) is 2.94. The van der Waals surface area contributed by atoms with Crippen molar-refractivity contribution in [2.45, 2.75) is 26.7 Å². The minimum absolute atomic E-state index is 0.119. The molecular formula is C28H40N6O3. The monoisotopic (exact) mass is 508 g/mol. The molecule has 2 aliphatic rings. The molecule has 37 heavy (non-hydrogen) atoms. The predicted molar refractivity (Wildman–Crippen MR) is 148 cm³/mol. The second-order valence-electron chi connectivity index (χ2n) is 9.38. The Morgan fingerprint density at radius 2 is 1.97 bits per heavy atom. The van der Waals surface area contributed by atoms with Gasteiger partial charge in [-0.3, -0.25) is 4.79 Å². The lowest BCUT2D eigenvalue weighted by molar-refractivity contribution is -0.129. The van der Waals surface area contributed by atoms with Gasteiger partial charge >= 0.3 is 0 Å². The van der Waals surface area contributed by atoms with Crippen LogP contribution in [0.4, 0.5) is 11.5 Å². The number of H-pyrrole nitrogens is 1. The summed E-state index contributed by atoms with van der Waals surface area (Å²) in [6, 6.07) is 8.16. The third-order valence-electron chi connectivity index (χ3n) is 7.06. The molecule has 5 rings (SSSR count). The summed E-state index contributed by atoms with van der Waals surface area (Å²) < 4.78 is 10.8. The highest BCUT2D eigenvalue weighted by Crippen LogP contribution is 2.34. The molecular weight excluding hydrogens is 468 g/mol. The summed E-state index contributed by atoms with van der Waals surface area (Å²) in [5, 5.41) is 1.09. The first kappa shape index (κ1) is 26.9. The number of anilines is 2. The highest BCUT2D eigenvalue weighted by Gasteiger charge is 2.28. The fourth-order valence-electron chi connectivity index (χ4n) is 4.99. The number of carbonyl (C=O) groups excluding carboxylic acids is 1. The molecule has 9 heteroatoms. The number of hydrogen-bond acceptors (Lipinski definition) is 7. The molecule has 0 radical (unpaired) electrons. The van der Waals surface area contributed by atoms with Crippen LogP contribution in [-0.4, -0.2) is 92.5 Å². The second-order valence-corrected chi connectivity index (χ2v) is 9.38. The maximum absolute atomic E-state index is 13.1. The van der Waals surface area contributed by atoms with Gasteiger partial charge in [-0.05, 0) is 30.9 Å². The average Bonchev–Trinajstić information content (AvgIpc) is 3.43. The average molecular weight is 509 g/mol. The molecule has 1 amide bonds. The van der Waals surface area contributed by atoms with Gasteiger partial charge < -0.3 is 29.2 Å². The number of methoxy groups -OCH3 is 1. The van der Waals surface area contributed by atoms with E-state index < -0.39 is 0 Å². The Hall–Kier alpha value is -3.17. The normalized spacial score (nSPS) is 15.8. The first-order chi connectivity index (χ1) is 18.1. The highest BCUT2D eigenvalue weighted by molar-refractivity contribution is 5.94. The fourth-order valence-corrected chi connectivity index (χ4v) is 4.99. The van der Waals surface area contributed by atoms with E-state index in [2.05, 4.69) is 20.9 Å². The van der Waals surface area contributed by atoms with E-state index in [4.69, 9.17) is 19.4 Å². The van der Waals surface area contributed by atoms with Gasteiger partial charge in [-0.2, -0.15) is 0 Å². The van der Waals surface area contributed by atoms with Crippen LogP contribution in [-0.2, 0) is 14.3 Å². The molecule has 0 unspecified atom stereocenters. The van der Waals surface area contributed by atoms with Gasteiger partial charge in [-0.25, -0.2) is 9.97 Å². The number of likely N-dealkylation sites (N-methyl/N-ethyl adjacent to an activating group) is 1. The number of nitrogens with one attached hydrogen (secondary N) is 1. The zero-order valence-electron chi connectivity index (χ0n) is 22.6. The van der Waals surface area contributed by atoms with Crippen molar-refractivity contribution in [3.63, 3.8) is 0 Å². The fraction of sp³-hybridized carbons (Fsp3) is 0.536. The third-order valence-corrected chi connectivity index (χ3v) is 7.06. The van der Waals surface area contributed by atoms with Crippen molar-refractivity contribution in [3.8, 4) is 11.4 Å². The van der Waals surface area contributed by atoms with E-state index in [0.29, 0.717) is 24.9 Å². The zero-order chi connectivity index (χ0) is 26.2. The van der Waals surface area contributed by atoms with Gasteiger partial charge in [0.2, 0.25) is 5.91 Å². The van der Waals surface area contributed by atoms with E-state index in [-0.39, 0.29) is 5.91 Å². The summed E-state index contributed by atoms with van der Waals surface area (Å²) in [6.45, 7) is 9.54. The van der Waals surface area contributed by atoms with Gasteiger partial charge in [0.25, 0.3) is 0 Å². The highest BCUT2D eigenvalue weighted by atomic mass is 16.5. The van der Waals surface area contributed by atoms with Crippen LogP contribution in [0.2, 0.25) is 0 Å². The molecule has 2 aliphatic heterocycles. The van der Waals surface area contributed by atoms with Gasteiger partial charge in [0.15, 0.2) is 11.6 Å². The SMILES string of the molecule is CC.COCCN1CCN(CC(=O)N(C)CC2CCOCC2)c2cnc(-c3cccc4[nH]ccc34)nc21. The number of fused-ring (bicyclic) bond motifs is 2. The Balaban J connectivity index is 0.00000156. The van der Waals surface area contributed by atoms with E-state index in [0.717, 1.165) is 80.2 Å². The third kappa shape index (κ3) is 6.22. The van der Waals surface area contributed by atoms with E-state index in [1.165, 1.54) is 0 Å². The maximum atomic E-state index is 13.1. The van der Waals surface area contributed by atoms with Gasteiger partial charge in [-0.1, -0.05) is 26.0 Å². The van der Waals surface area contributed by atoms with Crippen LogP contribution in [0.3, 0.4) is 0 Å². The summed E-state index contributed by atoms with van der Waals surface area (Å²) in [4.78, 5) is 32.3. The van der Waals surface area contributed by atoms with Crippen molar-refractivity contribution in [3.05, 3.63) is 36.7 Å². The topological polar surface area (TPSA) is 86.8 Å². The number of carbonyl (C=O) groups is 1. The first-order valence-electron chi connectivity index (χ1n) is 13.4. The van der Waals surface area contributed by atoms with Crippen molar-refractivity contribution in [1.29, 1.82) is 0 Å². The summed E-state index contributed by atoms with van der Waals surface area (Å²) in [7, 11) is 3.62. The Bertz CT molecular complexity index is 1160. The summed E-state index contributed by atoms with van der Waals surface area (Å²) >= 11 is 0. The standard InChI is InChI=1S/C26H34N6O3.C2H6/c1-30(17-19-7-13-35-14-8-19)24(33)18-32-11-10-31(12-15-34-2)26-23(32)16-28-25(29-26)21-4-3-5-22-20(21)6-9-27-22;1-2/h3-6,9,16,19,27H,7-8,10-15,17-18H2,1-2H3;1-2H3. The number of aromatic amines is 1. The molecule has 1 fully saturated rings. The van der Waals surface area contributed by atoms with Crippen LogP contribution >= 0.6 is 0 Å². The van der Waals surface area contributed by atoms with Crippen LogP contribution in [0.5, 0.6) is 0 Å². The molecule has 0 saturated carbocycles. The number of amides is 1. The largest absolute Gasteiger partial charge is 0.383 e. The quantitative estimate of drug-likeness (QED) is 0.495. The molecule has 1 saturated heterocycles. The van der Waals surface area contributed by atoms with Gasteiger partial charge in [0.1, 0.15) is 0 Å². The minimum atomic E-state index is 0.119. The Morgan fingerprint density at radius 1 is 1.19 bits per heavy atom. The molecule has 0 spiro atoms. The number of nitrogens with zero attached hydrogens (tertiary/aromatic N) is 5. The molecule has 200 valence electrons. The number of aromatic nitrogens is 3. The van der Waals surface area contributed by atoms with Crippen LogP contribution in [0.15, 0.2) is 36.7 Å². The van der Waals surface area contributed by atoms with Crippen LogP contribution in [0, 0.1) is 5.92 Å². The number of rotatable bonds is 8. The van der Waals surface area contributed by atoms with Gasteiger partial charge in [0, 0.05) is 76.2 Å². The molecule has 3 aromatic rings. The molecule has 2 aromatic heterocycles. The summed E-state index contributed by atoms with van der Waals surface area (Å²) in [5.74, 6) is 2.17. The lowest BCUT2D eigenvalue weighted by atomic mass is 10.00. The Labute approximate surface area is 219 Å². The number of hydrogen-bond donors (Lipinski definition) is 1. The van der Waals surface area contributed by atoms with Crippen LogP contribution < -0.4 is 9.80 Å². The minimum Gasteiger partial charge on any atom is -0.383 e. The number of benzene rings is 1. The molecule has 9 nitrogen and oxygen atoms in total. The molecule has 0 bridgehead atoms. The Kier molecular flexibility index (Phi) is 9.35. The maximum Gasteiger partial charge on any atom is 0.241 e. The Morgan fingerprint density at radius 3 is 2.76 bits per heavy atom. The van der Waals surface area contributed by atoms with Crippen LogP contribution in [0.1, 0.15) is 26.7 Å². The molecule has 1 N–H and O–H groups in total. The van der Waals surface area contributed by atoms with E-state index >= 15 is 0 Å². The van der Waals surface area contributed by atoms with Gasteiger partial charge in [0.05, 0.1) is 25.0 Å². The molecule has 0 aliphatic carbocycles. The van der Waals surface area contributed by atoms with Crippen molar-refractivity contribution in [2.75, 3.05) is 76.5 Å². The van der Waals surface area contributed by atoms with Crippen molar-refractivity contribution >= 4 is 28.3 Å². The molecule has 0 atom stereocenters. The second kappa shape index (κ2) is 12.9. The lowest BCUT2D eigenvalue weighted by Crippen LogP contribution is -2.47. The summed E-state index contributed by atoms with van der Waals surface area (Å²) in [6.07, 6.45) is 5.84. The van der Waals surface area contributed by atoms with E-state index in [1.807, 2.05) is 56.4 Å². The van der Waals surface area contributed by atoms with E-state index in [1.54, 1.807) is 7.11 Å². The van der Waals surface area contributed by atoms with Gasteiger partial charge in [-0.15, -0.1) is 0 Å². The zero-order valence-corrected chi connectivity index (χ0v) is 22.6. The molecule has 4 heterocycles. The van der Waals surface area contributed by atoms with Crippen molar-refractivity contribution in [1.82, 2.24) is 19.9 Å².